The summed E-state index contributed by atoms with van der Waals surface area (Å²) in [6.45, 7) is 7.86. The van der Waals surface area contributed by atoms with Crippen LogP contribution >= 0.6 is 0 Å². The first-order valence-electron chi connectivity index (χ1n) is 3.69. The van der Waals surface area contributed by atoms with Crippen LogP contribution in [0.25, 0.3) is 0 Å². The van der Waals surface area contributed by atoms with Crippen molar-refractivity contribution in [1.29, 1.82) is 0 Å². The van der Waals surface area contributed by atoms with Crippen LogP contribution < -0.4 is 29.6 Å². The summed E-state index contributed by atoms with van der Waals surface area (Å²) in [5, 5.41) is 0. The maximum Gasteiger partial charge on any atom is 1.00 e. The van der Waals surface area contributed by atoms with Crippen molar-refractivity contribution in [2.24, 2.45) is 0 Å². The third-order valence-electron chi connectivity index (χ3n) is 0.908. The molecule has 0 N–H and O–H groups in total. The maximum atomic E-state index is 5.22. The van der Waals surface area contributed by atoms with Crippen molar-refractivity contribution in [3.8, 4) is 0 Å². The topological polar surface area (TPSA) is 27.7 Å². The Morgan fingerprint density at radius 1 is 0.909 bits per heavy atom. The first-order chi connectivity index (χ1) is 4.85. The molecule has 0 aliphatic rings. The predicted octanol–water partition coefficient (Wildman–Crippen LogP) is -2.07. The van der Waals surface area contributed by atoms with E-state index in [0.717, 1.165) is 0 Å². The first-order valence-corrected chi connectivity index (χ1v) is 5.11. The minimum absolute atomic E-state index is 0. The van der Waals surface area contributed by atoms with Gasteiger partial charge < -0.3 is 14.7 Å². The molecule has 0 unspecified atom stereocenters. The van der Waals surface area contributed by atoms with E-state index in [1.54, 1.807) is 0 Å². The molecular weight excluding hydrogens is 171 g/mol. The van der Waals surface area contributed by atoms with Crippen LogP contribution in [0.1, 0.15) is 22.2 Å². The fraction of sp³-hybridized carbons (Fsp3) is 1.00. The molecule has 0 rings (SSSR count). The largest absolute Gasteiger partial charge is 1.00 e. The molecule has 0 fully saturated rings. The van der Waals surface area contributed by atoms with Gasteiger partial charge in [-0.15, -0.1) is 0 Å². The molecule has 0 atom stereocenters. The molecule has 0 aromatic rings. The van der Waals surface area contributed by atoms with Crippen molar-refractivity contribution < 1.29 is 44.3 Å². The average molecular weight is 188 g/mol. The Balaban J connectivity index is -0.000000405. The van der Waals surface area contributed by atoms with Gasteiger partial charge in [-0.25, -0.2) is 0 Å². The summed E-state index contributed by atoms with van der Waals surface area (Å²) >= 11 is 0. The SMILES string of the molecule is CCO[SiH](OCC)OCC.[H-].[Na+]. The van der Waals surface area contributed by atoms with Crippen LogP contribution in [-0.2, 0) is 13.3 Å². The molecule has 64 valence electrons. The van der Waals surface area contributed by atoms with Crippen molar-refractivity contribution in [2.75, 3.05) is 19.8 Å². The molecule has 5 heteroatoms. The predicted molar refractivity (Wildman–Crippen MR) is 43.1 cm³/mol. The van der Waals surface area contributed by atoms with Crippen LogP contribution in [0.5, 0.6) is 0 Å². The van der Waals surface area contributed by atoms with Crippen molar-refractivity contribution >= 4 is 9.53 Å². The van der Waals surface area contributed by atoms with Crippen molar-refractivity contribution in [1.82, 2.24) is 0 Å². The van der Waals surface area contributed by atoms with E-state index in [-0.39, 0.29) is 31.0 Å². The van der Waals surface area contributed by atoms with Crippen LogP contribution in [0.15, 0.2) is 0 Å². The molecule has 11 heavy (non-hydrogen) atoms. The van der Waals surface area contributed by atoms with E-state index in [9.17, 15) is 0 Å². The molecule has 0 aromatic heterocycles. The zero-order valence-electron chi connectivity index (χ0n) is 8.92. The van der Waals surface area contributed by atoms with E-state index >= 15 is 0 Å². The molecule has 0 heterocycles. The van der Waals surface area contributed by atoms with Crippen LogP contribution in [0, 0.1) is 0 Å². The van der Waals surface area contributed by atoms with Crippen LogP contribution in [-0.4, -0.2) is 29.3 Å². The van der Waals surface area contributed by atoms with E-state index in [0.29, 0.717) is 19.8 Å². The van der Waals surface area contributed by atoms with Gasteiger partial charge in [0.1, 0.15) is 0 Å². The second-order valence-electron chi connectivity index (χ2n) is 1.65. The van der Waals surface area contributed by atoms with Crippen LogP contribution in [0.3, 0.4) is 0 Å². The summed E-state index contributed by atoms with van der Waals surface area (Å²) in [7, 11) is -1.73. The van der Waals surface area contributed by atoms with Gasteiger partial charge >= 0.3 is 39.1 Å². The quantitative estimate of drug-likeness (QED) is 0.448. The summed E-state index contributed by atoms with van der Waals surface area (Å²) in [6.07, 6.45) is 0. The Bertz CT molecular complexity index is 65.5. The number of hydrogen-bond donors (Lipinski definition) is 0. The second kappa shape index (κ2) is 11.1. The second-order valence-corrected chi connectivity index (χ2v) is 3.23. The Morgan fingerprint density at radius 3 is 1.36 bits per heavy atom. The van der Waals surface area contributed by atoms with Gasteiger partial charge in [0, 0.05) is 19.8 Å². The molecule has 0 saturated carbocycles. The molecule has 0 bridgehead atoms. The Hall–Kier alpha value is 1.10. The van der Waals surface area contributed by atoms with Gasteiger partial charge in [0.2, 0.25) is 0 Å². The molecule has 0 aliphatic heterocycles. The van der Waals surface area contributed by atoms with Gasteiger partial charge in [-0.1, -0.05) is 0 Å². The molecule has 3 nitrogen and oxygen atoms in total. The van der Waals surface area contributed by atoms with Gasteiger partial charge in [0.05, 0.1) is 0 Å². The zero-order chi connectivity index (χ0) is 7.82. The maximum absolute atomic E-state index is 5.22. The van der Waals surface area contributed by atoms with Crippen molar-refractivity contribution in [3.63, 3.8) is 0 Å². The van der Waals surface area contributed by atoms with Crippen LogP contribution in [0.2, 0.25) is 0 Å². The fourth-order valence-corrected chi connectivity index (χ4v) is 1.66. The van der Waals surface area contributed by atoms with E-state index in [4.69, 9.17) is 13.3 Å². The van der Waals surface area contributed by atoms with Crippen molar-refractivity contribution in [3.05, 3.63) is 0 Å². The molecule has 0 radical (unpaired) electrons. The molecule has 0 spiro atoms. The summed E-state index contributed by atoms with van der Waals surface area (Å²) in [6, 6.07) is 0. The molecule has 0 amide bonds. The summed E-state index contributed by atoms with van der Waals surface area (Å²) in [5.41, 5.74) is 0. The minimum Gasteiger partial charge on any atom is -1.00 e. The van der Waals surface area contributed by atoms with E-state index in [1.807, 2.05) is 20.8 Å². The normalized spacial score (nSPS) is 9.82. The summed E-state index contributed by atoms with van der Waals surface area (Å²) < 4.78 is 15.7. The Labute approximate surface area is 94.2 Å². The van der Waals surface area contributed by atoms with Gasteiger partial charge in [-0.05, 0) is 20.8 Å². The third kappa shape index (κ3) is 9.01. The van der Waals surface area contributed by atoms with Gasteiger partial charge in [-0.3, -0.25) is 0 Å². The minimum atomic E-state index is -1.73. The zero-order valence-corrected chi connectivity index (χ0v) is 11.1. The number of rotatable bonds is 6. The standard InChI is InChI=1S/C6H16O3Si.Na.H/c1-4-7-10(8-5-2)9-6-3;;/h10H,4-6H2,1-3H3;;/q;+1;-1. The first kappa shape index (κ1) is 14.6. The summed E-state index contributed by atoms with van der Waals surface area (Å²) in [5.74, 6) is 0. The fourth-order valence-electron chi connectivity index (χ4n) is 0.553. The number of hydrogen-bond acceptors (Lipinski definition) is 3. The van der Waals surface area contributed by atoms with Crippen molar-refractivity contribution in [2.45, 2.75) is 20.8 Å². The molecule has 0 aliphatic carbocycles. The summed E-state index contributed by atoms with van der Waals surface area (Å²) in [4.78, 5) is 0. The smallest absolute Gasteiger partial charge is 1.00 e. The Morgan fingerprint density at radius 2 is 1.18 bits per heavy atom. The van der Waals surface area contributed by atoms with E-state index < -0.39 is 9.53 Å². The molecule has 0 saturated heterocycles. The van der Waals surface area contributed by atoms with Crippen LogP contribution in [0.4, 0.5) is 0 Å². The van der Waals surface area contributed by atoms with E-state index in [2.05, 4.69) is 0 Å². The van der Waals surface area contributed by atoms with E-state index in [1.165, 1.54) is 0 Å². The van der Waals surface area contributed by atoms with Gasteiger partial charge in [0.15, 0.2) is 0 Å². The third-order valence-corrected chi connectivity index (χ3v) is 2.72. The monoisotopic (exact) mass is 188 g/mol. The molecular formula is C6H17NaO3Si. The van der Waals surface area contributed by atoms with Gasteiger partial charge in [0.25, 0.3) is 0 Å². The Kier molecular flexibility index (Phi) is 14.7. The average Bonchev–Trinajstić information content (AvgIpc) is 1.90. The van der Waals surface area contributed by atoms with Gasteiger partial charge in [-0.2, -0.15) is 0 Å². The molecule has 0 aromatic carbocycles.